The second-order valence-corrected chi connectivity index (χ2v) is 8.48. The van der Waals surface area contributed by atoms with Gasteiger partial charge in [-0.25, -0.2) is 0 Å². The third kappa shape index (κ3) is 5.60. The summed E-state index contributed by atoms with van der Waals surface area (Å²) in [6.07, 6.45) is 1.45. The first-order valence-corrected chi connectivity index (χ1v) is 11.1. The average Bonchev–Trinajstić information content (AvgIpc) is 3.34. The van der Waals surface area contributed by atoms with Gasteiger partial charge in [0.1, 0.15) is 5.25 Å². The molecule has 0 fully saturated rings. The van der Waals surface area contributed by atoms with Crippen LogP contribution in [0.5, 0.6) is 0 Å². The Morgan fingerprint density at radius 3 is 2.28 bits per heavy atom. The summed E-state index contributed by atoms with van der Waals surface area (Å²) in [5.74, 6) is -0.234. The van der Waals surface area contributed by atoms with Crippen molar-refractivity contribution >= 4 is 46.6 Å². The van der Waals surface area contributed by atoms with E-state index >= 15 is 0 Å². The van der Waals surface area contributed by atoms with Crippen LogP contribution in [0.25, 0.3) is 0 Å². The van der Waals surface area contributed by atoms with E-state index in [2.05, 4.69) is 10.6 Å². The number of benzene rings is 3. The number of furan rings is 1. The third-order valence-corrected chi connectivity index (χ3v) is 6.05. The van der Waals surface area contributed by atoms with Gasteiger partial charge >= 0.3 is 0 Å². The maximum absolute atomic E-state index is 13.1. The average molecular weight is 463 g/mol. The highest BCUT2D eigenvalue weighted by molar-refractivity contribution is 8.00. The van der Waals surface area contributed by atoms with Gasteiger partial charge in [0.25, 0.3) is 5.91 Å². The Kier molecular flexibility index (Phi) is 6.94. The summed E-state index contributed by atoms with van der Waals surface area (Å²) in [4.78, 5) is 26.2. The molecule has 0 aliphatic rings. The van der Waals surface area contributed by atoms with Crippen LogP contribution in [-0.4, -0.2) is 11.8 Å². The highest BCUT2D eigenvalue weighted by atomic mass is 35.5. The molecule has 0 saturated carbocycles. The molecule has 32 heavy (non-hydrogen) atoms. The molecule has 1 unspecified atom stereocenters. The van der Waals surface area contributed by atoms with E-state index in [1.54, 1.807) is 48.5 Å². The third-order valence-electron chi connectivity index (χ3n) is 4.54. The SMILES string of the molecule is O=C(Nc1ccc(SC(C(=O)Nc2cccc(Cl)c2)c2ccccc2)cc1)c1ccco1. The van der Waals surface area contributed by atoms with Crippen LogP contribution in [0.2, 0.25) is 5.02 Å². The van der Waals surface area contributed by atoms with Gasteiger partial charge in [0, 0.05) is 21.3 Å². The largest absolute Gasteiger partial charge is 0.459 e. The Bertz CT molecular complexity index is 1200. The number of rotatable bonds is 7. The number of carbonyl (C=O) groups is 2. The first-order valence-electron chi connectivity index (χ1n) is 9.81. The summed E-state index contributed by atoms with van der Waals surface area (Å²) in [5, 5.41) is 5.81. The van der Waals surface area contributed by atoms with Gasteiger partial charge in [-0.3, -0.25) is 9.59 Å². The van der Waals surface area contributed by atoms with Crippen molar-refractivity contribution in [3.8, 4) is 0 Å². The van der Waals surface area contributed by atoms with Crippen molar-refractivity contribution in [3.63, 3.8) is 0 Å². The lowest BCUT2D eigenvalue weighted by Crippen LogP contribution is -2.19. The molecule has 0 bridgehead atoms. The fourth-order valence-electron chi connectivity index (χ4n) is 3.03. The number of carbonyl (C=O) groups excluding carboxylic acids is 2. The van der Waals surface area contributed by atoms with E-state index in [1.165, 1.54) is 18.0 Å². The molecule has 7 heteroatoms. The van der Waals surface area contributed by atoms with E-state index in [1.807, 2.05) is 42.5 Å². The van der Waals surface area contributed by atoms with E-state index in [0.29, 0.717) is 16.4 Å². The molecule has 1 atom stereocenters. The molecular weight excluding hydrogens is 444 g/mol. The second kappa shape index (κ2) is 10.2. The number of nitrogens with one attached hydrogen (secondary N) is 2. The topological polar surface area (TPSA) is 71.3 Å². The smallest absolute Gasteiger partial charge is 0.291 e. The molecule has 2 N–H and O–H groups in total. The number of hydrogen-bond donors (Lipinski definition) is 2. The molecule has 0 radical (unpaired) electrons. The maximum Gasteiger partial charge on any atom is 0.291 e. The Morgan fingerprint density at radius 1 is 0.812 bits per heavy atom. The van der Waals surface area contributed by atoms with Crippen molar-refractivity contribution in [2.75, 3.05) is 10.6 Å². The molecule has 0 saturated heterocycles. The number of halogens is 1. The molecule has 4 rings (SSSR count). The molecule has 1 aromatic heterocycles. The van der Waals surface area contributed by atoms with Crippen LogP contribution in [-0.2, 0) is 4.79 Å². The number of thioether (sulfide) groups is 1. The Balaban J connectivity index is 1.49. The molecular formula is C25H19ClN2O3S. The zero-order valence-corrected chi connectivity index (χ0v) is 18.4. The highest BCUT2D eigenvalue weighted by Gasteiger charge is 2.22. The molecule has 0 spiro atoms. The fourth-order valence-corrected chi connectivity index (χ4v) is 4.24. The van der Waals surface area contributed by atoms with Gasteiger partial charge in [0.15, 0.2) is 5.76 Å². The molecule has 3 aromatic carbocycles. The number of hydrogen-bond acceptors (Lipinski definition) is 4. The molecule has 0 aliphatic heterocycles. The van der Waals surface area contributed by atoms with E-state index < -0.39 is 5.25 Å². The van der Waals surface area contributed by atoms with Gasteiger partial charge in [-0.05, 0) is 60.2 Å². The Labute approximate surface area is 194 Å². The molecule has 0 aliphatic carbocycles. The quantitative estimate of drug-likeness (QED) is 0.301. The van der Waals surface area contributed by atoms with Crippen molar-refractivity contribution < 1.29 is 14.0 Å². The molecule has 160 valence electrons. The second-order valence-electron chi connectivity index (χ2n) is 6.86. The van der Waals surface area contributed by atoms with E-state index in [9.17, 15) is 9.59 Å². The van der Waals surface area contributed by atoms with E-state index in [4.69, 9.17) is 16.0 Å². The first-order chi connectivity index (χ1) is 15.6. The van der Waals surface area contributed by atoms with Gasteiger partial charge in [0.05, 0.1) is 6.26 Å². The summed E-state index contributed by atoms with van der Waals surface area (Å²) in [7, 11) is 0. The zero-order chi connectivity index (χ0) is 22.3. The maximum atomic E-state index is 13.1. The van der Waals surface area contributed by atoms with Crippen molar-refractivity contribution in [2.24, 2.45) is 0 Å². The minimum atomic E-state index is -0.473. The number of amides is 2. The summed E-state index contributed by atoms with van der Waals surface area (Å²) in [5.41, 5.74) is 2.16. The van der Waals surface area contributed by atoms with Gasteiger partial charge in [-0.1, -0.05) is 48.0 Å². The summed E-state index contributed by atoms with van der Waals surface area (Å²) < 4.78 is 5.11. The van der Waals surface area contributed by atoms with Crippen LogP contribution in [0.15, 0.2) is 107 Å². The summed E-state index contributed by atoms with van der Waals surface area (Å²) in [6.45, 7) is 0. The predicted molar refractivity (Wildman–Crippen MR) is 128 cm³/mol. The van der Waals surface area contributed by atoms with Crippen LogP contribution in [0.3, 0.4) is 0 Å². The number of anilines is 2. The summed E-state index contributed by atoms with van der Waals surface area (Å²) >= 11 is 7.47. The van der Waals surface area contributed by atoms with Crippen molar-refractivity contribution in [1.29, 1.82) is 0 Å². The van der Waals surface area contributed by atoms with Crippen LogP contribution < -0.4 is 10.6 Å². The lowest BCUT2D eigenvalue weighted by atomic mass is 10.1. The standard InChI is InChI=1S/C25H19ClN2O3S/c26-18-8-4-9-20(16-18)28-25(30)23(17-6-2-1-3-7-17)32-21-13-11-19(12-14-21)27-24(29)22-10-5-15-31-22/h1-16,23H,(H,27,29)(H,28,30). The van der Waals surface area contributed by atoms with Crippen molar-refractivity contribution in [2.45, 2.75) is 10.1 Å². The monoisotopic (exact) mass is 462 g/mol. The molecule has 5 nitrogen and oxygen atoms in total. The van der Waals surface area contributed by atoms with Crippen LogP contribution >= 0.6 is 23.4 Å². The lowest BCUT2D eigenvalue weighted by molar-refractivity contribution is -0.115. The minimum absolute atomic E-state index is 0.154. The van der Waals surface area contributed by atoms with Crippen molar-refractivity contribution in [1.82, 2.24) is 0 Å². The van der Waals surface area contributed by atoms with Gasteiger partial charge in [0.2, 0.25) is 5.91 Å². The summed E-state index contributed by atoms with van der Waals surface area (Å²) in [6, 6.07) is 27.2. The Morgan fingerprint density at radius 2 is 1.59 bits per heavy atom. The zero-order valence-electron chi connectivity index (χ0n) is 16.8. The molecule has 1 heterocycles. The fraction of sp³-hybridized carbons (Fsp3) is 0.0400. The first kappa shape index (κ1) is 21.7. The minimum Gasteiger partial charge on any atom is -0.459 e. The van der Waals surface area contributed by atoms with Gasteiger partial charge < -0.3 is 15.1 Å². The van der Waals surface area contributed by atoms with Crippen LogP contribution in [0.4, 0.5) is 11.4 Å². The predicted octanol–water partition coefficient (Wildman–Crippen LogP) is 6.66. The molecule has 4 aromatic rings. The highest BCUT2D eigenvalue weighted by Crippen LogP contribution is 2.37. The lowest BCUT2D eigenvalue weighted by Gasteiger charge is -2.17. The van der Waals surface area contributed by atoms with Crippen LogP contribution in [0, 0.1) is 0 Å². The van der Waals surface area contributed by atoms with Crippen LogP contribution in [0.1, 0.15) is 21.4 Å². The molecule has 2 amide bonds. The van der Waals surface area contributed by atoms with E-state index in [-0.39, 0.29) is 17.6 Å². The van der Waals surface area contributed by atoms with E-state index in [0.717, 1.165) is 10.5 Å². The normalized spacial score (nSPS) is 11.5. The Hall–Kier alpha value is -3.48. The van der Waals surface area contributed by atoms with Crippen molar-refractivity contribution in [3.05, 3.63) is 114 Å². The van der Waals surface area contributed by atoms with Gasteiger partial charge in [-0.2, -0.15) is 0 Å². The van der Waals surface area contributed by atoms with Gasteiger partial charge in [-0.15, -0.1) is 11.8 Å².